The molecule has 2 atom stereocenters. The number of Topliss-reactive ketones (excluding diaryl/α,β-unsaturated/α-hetero) is 1. The van der Waals surface area contributed by atoms with Crippen LogP contribution in [0.15, 0.2) is 11.6 Å². The van der Waals surface area contributed by atoms with E-state index in [0.29, 0.717) is 25.4 Å². The van der Waals surface area contributed by atoms with Crippen LogP contribution in [0.5, 0.6) is 0 Å². The van der Waals surface area contributed by atoms with Crippen molar-refractivity contribution in [3.63, 3.8) is 0 Å². The van der Waals surface area contributed by atoms with E-state index in [4.69, 9.17) is 10.5 Å². The molecule has 0 aromatic rings. The van der Waals surface area contributed by atoms with Crippen LogP contribution in [0.2, 0.25) is 0 Å². The number of carbonyl (C=O) groups excluding carboxylic acids is 2. The van der Waals surface area contributed by atoms with Crippen LogP contribution in [-0.2, 0) is 14.3 Å². The molecule has 0 aromatic heterocycles. The van der Waals surface area contributed by atoms with Crippen molar-refractivity contribution in [1.82, 2.24) is 0 Å². The highest BCUT2D eigenvalue weighted by molar-refractivity contribution is 5.81. The number of unbranched alkanes of at least 4 members (excludes halogenated alkanes) is 2. The average Bonchev–Trinajstić information content (AvgIpc) is 3.02. The average molecular weight is 253 g/mol. The standard InChI is InChI=1S/C14H23NO3/c1-10-8-12(10)9-18-14(17)7-5-3-4-6-13(15)11(2)16/h8,12-13H,3-7,9,15H2,1-2H3/t12?,13-/m0/s1. The van der Waals surface area contributed by atoms with Crippen LogP contribution in [0.3, 0.4) is 0 Å². The minimum Gasteiger partial charge on any atom is -0.465 e. The molecule has 1 rings (SSSR count). The van der Waals surface area contributed by atoms with Gasteiger partial charge in [-0.2, -0.15) is 0 Å². The Bertz CT molecular complexity index is 336. The van der Waals surface area contributed by atoms with E-state index in [1.807, 2.05) is 6.92 Å². The van der Waals surface area contributed by atoms with Crippen molar-refractivity contribution in [2.24, 2.45) is 11.7 Å². The third kappa shape index (κ3) is 5.96. The Labute approximate surface area is 109 Å². The van der Waals surface area contributed by atoms with Crippen LogP contribution in [0.25, 0.3) is 0 Å². The highest BCUT2D eigenvalue weighted by Gasteiger charge is 2.21. The number of hydrogen-bond donors (Lipinski definition) is 1. The lowest BCUT2D eigenvalue weighted by Crippen LogP contribution is -2.27. The van der Waals surface area contributed by atoms with Crippen molar-refractivity contribution in [3.8, 4) is 0 Å². The van der Waals surface area contributed by atoms with E-state index < -0.39 is 0 Å². The third-order valence-corrected chi connectivity index (χ3v) is 3.28. The van der Waals surface area contributed by atoms with E-state index in [2.05, 4.69) is 6.08 Å². The van der Waals surface area contributed by atoms with Crippen molar-refractivity contribution in [2.75, 3.05) is 6.61 Å². The van der Waals surface area contributed by atoms with Crippen molar-refractivity contribution in [3.05, 3.63) is 11.6 Å². The first-order valence-electron chi connectivity index (χ1n) is 6.60. The minimum absolute atomic E-state index is 0.0294. The van der Waals surface area contributed by atoms with Crippen molar-refractivity contribution >= 4 is 11.8 Å². The van der Waals surface area contributed by atoms with Crippen LogP contribution >= 0.6 is 0 Å². The summed E-state index contributed by atoms with van der Waals surface area (Å²) >= 11 is 0. The molecule has 0 fully saturated rings. The van der Waals surface area contributed by atoms with Crippen LogP contribution in [0.4, 0.5) is 0 Å². The Balaban J connectivity index is 1.90. The first kappa shape index (κ1) is 14.9. The van der Waals surface area contributed by atoms with Gasteiger partial charge in [-0.05, 0) is 26.7 Å². The lowest BCUT2D eigenvalue weighted by atomic mass is 10.1. The first-order chi connectivity index (χ1) is 8.50. The number of rotatable bonds is 9. The third-order valence-electron chi connectivity index (χ3n) is 3.28. The van der Waals surface area contributed by atoms with Crippen LogP contribution in [0, 0.1) is 5.92 Å². The molecule has 18 heavy (non-hydrogen) atoms. The normalized spacial score (nSPS) is 19.1. The van der Waals surface area contributed by atoms with Crippen LogP contribution < -0.4 is 5.73 Å². The molecule has 0 saturated heterocycles. The van der Waals surface area contributed by atoms with Gasteiger partial charge in [-0.15, -0.1) is 0 Å². The van der Waals surface area contributed by atoms with Gasteiger partial charge in [0.05, 0.1) is 6.04 Å². The summed E-state index contributed by atoms with van der Waals surface area (Å²) in [5, 5.41) is 0. The van der Waals surface area contributed by atoms with Gasteiger partial charge in [-0.1, -0.05) is 24.5 Å². The molecule has 0 amide bonds. The number of esters is 1. The van der Waals surface area contributed by atoms with Gasteiger partial charge in [0.15, 0.2) is 0 Å². The molecule has 1 unspecified atom stereocenters. The predicted octanol–water partition coefficient (Wildman–Crippen LogP) is 1.97. The van der Waals surface area contributed by atoms with Gasteiger partial charge in [0.2, 0.25) is 0 Å². The van der Waals surface area contributed by atoms with E-state index in [1.54, 1.807) is 0 Å². The quantitative estimate of drug-likeness (QED) is 0.387. The fourth-order valence-electron chi connectivity index (χ4n) is 1.72. The van der Waals surface area contributed by atoms with E-state index in [9.17, 15) is 9.59 Å². The summed E-state index contributed by atoms with van der Waals surface area (Å²) in [5.41, 5.74) is 6.92. The lowest BCUT2D eigenvalue weighted by Gasteiger charge is -2.07. The number of ketones is 1. The zero-order valence-electron chi connectivity index (χ0n) is 11.3. The summed E-state index contributed by atoms with van der Waals surface area (Å²) < 4.78 is 5.13. The molecule has 0 heterocycles. The van der Waals surface area contributed by atoms with Crippen LogP contribution in [0.1, 0.15) is 46.0 Å². The maximum absolute atomic E-state index is 11.4. The van der Waals surface area contributed by atoms with Crippen molar-refractivity contribution in [2.45, 2.75) is 52.0 Å². The summed E-state index contributed by atoms with van der Waals surface area (Å²) in [5.74, 6) is 0.295. The predicted molar refractivity (Wildman–Crippen MR) is 69.9 cm³/mol. The Hall–Kier alpha value is -1.16. The summed E-state index contributed by atoms with van der Waals surface area (Å²) in [6.45, 7) is 4.05. The van der Waals surface area contributed by atoms with Gasteiger partial charge in [-0.25, -0.2) is 0 Å². The SMILES string of the molecule is CC(=O)[C@@H](N)CCCCCC(=O)OCC1C=C1C. The number of nitrogens with two attached hydrogens (primary N) is 1. The molecule has 1 aliphatic carbocycles. The van der Waals surface area contributed by atoms with Gasteiger partial charge >= 0.3 is 5.97 Å². The summed E-state index contributed by atoms with van der Waals surface area (Å²) in [7, 11) is 0. The number of carbonyl (C=O) groups is 2. The molecule has 102 valence electrons. The molecule has 0 bridgehead atoms. The maximum atomic E-state index is 11.4. The fraction of sp³-hybridized carbons (Fsp3) is 0.714. The van der Waals surface area contributed by atoms with Crippen LogP contribution in [-0.4, -0.2) is 24.4 Å². The smallest absolute Gasteiger partial charge is 0.305 e. The highest BCUT2D eigenvalue weighted by Crippen LogP contribution is 2.27. The molecular formula is C14H23NO3. The molecule has 4 heteroatoms. The molecule has 2 N–H and O–H groups in total. The second-order valence-electron chi connectivity index (χ2n) is 5.02. The Morgan fingerprint density at radius 3 is 2.61 bits per heavy atom. The second-order valence-corrected chi connectivity index (χ2v) is 5.02. The molecule has 0 aromatic carbocycles. The van der Waals surface area contributed by atoms with Gasteiger partial charge in [0.1, 0.15) is 12.4 Å². The second kappa shape index (κ2) is 7.31. The van der Waals surface area contributed by atoms with Crippen molar-refractivity contribution < 1.29 is 14.3 Å². The maximum Gasteiger partial charge on any atom is 0.305 e. The van der Waals surface area contributed by atoms with E-state index in [0.717, 1.165) is 19.3 Å². The summed E-state index contributed by atoms with van der Waals surface area (Å²) in [4.78, 5) is 22.3. The van der Waals surface area contributed by atoms with E-state index >= 15 is 0 Å². The van der Waals surface area contributed by atoms with E-state index in [-0.39, 0.29) is 17.8 Å². The zero-order chi connectivity index (χ0) is 13.5. The van der Waals surface area contributed by atoms with Gasteiger partial charge in [-0.3, -0.25) is 9.59 Å². The summed E-state index contributed by atoms with van der Waals surface area (Å²) in [6.07, 6.45) is 5.86. The minimum atomic E-state index is -0.346. The summed E-state index contributed by atoms with van der Waals surface area (Å²) in [6, 6.07) is -0.346. The van der Waals surface area contributed by atoms with E-state index in [1.165, 1.54) is 12.5 Å². The first-order valence-corrected chi connectivity index (χ1v) is 6.60. The topological polar surface area (TPSA) is 69.4 Å². The fourth-order valence-corrected chi connectivity index (χ4v) is 1.72. The molecule has 0 aliphatic heterocycles. The highest BCUT2D eigenvalue weighted by atomic mass is 16.5. The Morgan fingerprint density at radius 2 is 2.06 bits per heavy atom. The monoisotopic (exact) mass is 253 g/mol. The molecule has 1 aliphatic rings. The molecule has 0 radical (unpaired) electrons. The number of ether oxygens (including phenoxy) is 1. The Kier molecular flexibility index (Phi) is 6.05. The molecule has 0 spiro atoms. The molecule has 0 saturated carbocycles. The van der Waals surface area contributed by atoms with Crippen molar-refractivity contribution in [1.29, 1.82) is 0 Å². The molecule has 4 nitrogen and oxygen atoms in total. The van der Waals surface area contributed by atoms with Gasteiger partial charge in [0.25, 0.3) is 0 Å². The van der Waals surface area contributed by atoms with Gasteiger partial charge in [0, 0.05) is 12.3 Å². The number of hydrogen-bond acceptors (Lipinski definition) is 4. The molecular weight excluding hydrogens is 230 g/mol. The van der Waals surface area contributed by atoms with Gasteiger partial charge < -0.3 is 10.5 Å². The zero-order valence-corrected chi connectivity index (χ0v) is 11.3. The Morgan fingerprint density at radius 1 is 1.39 bits per heavy atom. The largest absolute Gasteiger partial charge is 0.465 e. The lowest BCUT2D eigenvalue weighted by molar-refractivity contribution is -0.144.